The normalized spacial score (nSPS) is 24.2. The van der Waals surface area contributed by atoms with Crippen molar-refractivity contribution in [1.82, 2.24) is 4.90 Å². The van der Waals surface area contributed by atoms with Crippen LogP contribution >= 0.6 is 0 Å². The zero-order valence-corrected chi connectivity index (χ0v) is 17.0. The number of benzene rings is 1. The first-order valence-corrected chi connectivity index (χ1v) is 12.1. The summed E-state index contributed by atoms with van der Waals surface area (Å²) in [5.74, 6) is 0. The van der Waals surface area contributed by atoms with Crippen LogP contribution in [0.1, 0.15) is 32.3 Å². The van der Waals surface area contributed by atoms with Gasteiger partial charge in [-0.3, -0.25) is 4.90 Å². The van der Waals surface area contributed by atoms with E-state index in [9.17, 15) is 13.2 Å². The second kappa shape index (κ2) is 8.72. The van der Waals surface area contributed by atoms with Crippen molar-refractivity contribution in [1.29, 1.82) is 0 Å². The molecule has 1 heterocycles. The van der Waals surface area contributed by atoms with Crippen molar-refractivity contribution in [3.8, 4) is 0 Å². The minimum absolute atomic E-state index is 0.277. The van der Waals surface area contributed by atoms with E-state index in [1.807, 2.05) is 5.70 Å². The summed E-state index contributed by atoms with van der Waals surface area (Å²) in [6, 6.07) is 6.68. The van der Waals surface area contributed by atoms with Crippen LogP contribution in [0.5, 0.6) is 0 Å². The highest BCUT2D eigenvalue weighted by atomic mass is 28.3. The van der Waals surface area contributed by atoms with E-state index in [2.05, 4.69) is 31.9 Å². The van der Waals surface area contributed by atoms with Gasteiger partial charge in [0.05, 0.1) is 17.8 Å². The van der Waals surface area contributed by atoms with E-state index < -0.39 is 19.8 Å². The Labute approximate surface area is 156 Å². The first kappa shape index (κ1) is 21.2. The minimum atomic E-state index is -4.28. The van der Waals surface area contributed by atoms with Gasteiger partial charge in [0.2, 0.25) is 0 Å². The Hall–Kier alpha value is -1.11. The van der Waals surface area contributed by atoms with Crippen molar-refractivity contribution in [2.45, 2.75) is 57.7 Å². The average Bonchev–Trinajstić information content (AvgIpc) is 2.57. The summed E-state index contributed by atoms with van der Waals surface area (Å²) in [4.78, 5) is 2.45. The number of alkyl halides is 3. The summed E-state index contributed by atoms with van der Waals surface area (Å²) in [5.41, 5.74) is 1.41. The molecule has 0 aromatic heterocycles. The fourth-order valence-corrected chi connectivity index (χ4v) is 6.34. The number of hydrogen-bond acceptors (Lipinski definition) is 2. The first-order valence-electron chi connectivity index (χ1n) is 9.33. The fraction of sp³-hybridized carbons (Fsp3) is 0.600. The van der Waals surface area contributed by atoms with Gasteiger partial charge in [0.15, 0.2) is 0 Å². The molecule has 1 aromatic rings. The maximum Gasteiger partial charge on any atom is 0.416 e. The van der Waals surface area contributed by atoms with Crippen LogP contribution in [-0.2, 0) is 10.9 Å². The maximum atomic E-state index is 12.8. The molecule has 0 N–H and O–H groups in total. The summed E-state index contributed by atoms with van der Waals surface area (Å²) >= 11 is 0. The van der Waals surface area contributed by atoms with E-state index in [0.717, 1.165) is 43.7 Å². The highest BCUT2D eigenvalue weighted by Crippen LogP contribution is 2.29. The molecule has 1 aromatic carbocycles. The highest BCUT2D eigenvalue weighted by molar-refractivity contribution is 6.94. The third-order valence-corrected chi connectivity index (χ3v) is 9.18. The van der Waals surface area contributed by atoms with Crippen molar-refractivity contribution >= 4 is 13.3 Å². The van der Waals surface area contributed by atoms with E-state index in [-0.39, 0.29) is 12.2 Å². The predicted molar refractivity (Wildman–Crippen MR) is 103 cm³/mol. The van der Waals surface area contributed by atoms with Crippen molar-refractivity contribution in [3.05, 3.63) is 42.1 Å². The van der Waals surface area contributed by atoms with Gasteiger partial charge in [-0.1, -0.05) is 54.2 Å². The van der Waals surface area contributed by atoms with Crippen LogP contribution in [-0.4, -0.2) is 44.8 Å². The Bertz CT molecular complexity index is 580. The second-order valence-electron chi connectivity index (χ2n) is 7.67. The van der Waals surface area contributed by atoms with Gasteiger partial charge in [0.1, 0.15) is 8.07 Å². The summed E-state index contributed by atoms with van der Waals surface area (Å²) < 4.78 is 44.0. The van der Waals surface area contributed by atoms with Gasteiger partial charge >= 0.3 is 6.18 Å². The van der Waals surface area contributed by atoms with E-state index in [4.69, 9.17) is 4.74 Å². The summed E-state index contributed by atoms with van der Waals surface area (Å²) in [6.07, 6.45) is -1.57. The smallest absolute Gasteiger partial charge is 0.373 e. The van der Waals surface area contributed by atoms with E-state index >= 15 is 0 Å². The summed E-state index contributed by atoms with van der Waals surface area (Å²) in [7, 11) is -1.94. The lowest BCUT2D eigenvalue weighted by Gasteiger charge is -2.35. The molecule has 0 bridgehead atoms. The third kappa shape index (κ3) is 5.69. The molecule has 1 aliphatic rings. The topological polar surface area (TPSA) is 12.5 Å². The average molecular weight is 386 g/mol. The highest BCUT2D eigenvalue weighted by Gasteiger charge is 2.32. The molecule has 0 saturated carbocycles. The molecule has 2 rings (SSSR count). The Kier molecular flexibility index (Phi) is 7.10. The third-order valence-electron chi connectivity index (χ3n) is 5.24. The van der Waals surface area contributed by atoms with Gasteiger partial charge in [-0.25, -0.2) is 0 Å². The molecule has 1 aliphatic heterocycles. The molecular weight excluding hydrogens is 355 g/mol. The van der Waals surface area contributed by atoms with Crippen LogP contribution in [0.4, 0.5) is 13.2 Å². The molecule has 2 nitrogen and oxygen atoms in total. The van der Waals surface area contributed by atoms with Crippen molar-refractivity contribution in [2.75, 3.05) is 19.6 Å². The Morgan fingerprint density at radius 3 is 2.23 bits per heavy atom. The number of halogens is 3. The van der Waals surface area contributed by atoms with Crippen LogP contribution in [0.3, 0.4) is 0 Å². The first-order chi connectivity index (χ1) is 12.1. The van der Waals surface area contributed by atoms with Gasteiger partial charge in [0, 0.05) is 13.1 Å². The monoisotopic (exact) mass is 385 g/mol. The molecule has 1 saturated heterocycles. The lowest BCUT2D eigenvalue weighted by Crippen LogP contribution is -2.46. The summed E-state index contributed by atoms with van der Waals surface area (Å²) in [6.45, 7) is 13.4. The fourth-order valence-electron chi connectivity index (χ4n) is 3.70. The second-order valence-corrected chi connectivity index (χ2v) is 12.0. The number of rotatable bonds is 7. The zero-order valence-electron chi connectivity index (χ0n) is 16.0. The van der Waals surface area contributed by atoms with Crippen LogP contribution in [0.2, 0.25) is 12.6 Å². The number of ether oxygens (including phenoxy) is 1. The van der Waals surface area contributed by atoms with E-state index in [1.165, 1.54) is 12.1 Å². The molecule has 3 atom stereocenters. The Morgan fingerprint density at radius 1 is 1.15 bits per heavy atom. The van der Waals surface area contributed by atoms with Gasteiger partial charge in [-0.2, -0.15) is 13.2 Å². The molecule has 0 spiro atoms. The minimum Gasteiger partial charge on any atom is -0.373 e. The van der Waals surface area contributed by atoms with Gasteiger partial charge in [0.25, 0.3) is 0 Å². The Morgan fingerprint density at radius 2 is 1.73 bits per heavy atom. The standard InChI is InChI=1S/C20H30F3NOSi/c1-5-26(4,19-10-8-18(9-11-19)20(21,22)23)13-7-6-12-24-14-16(2)25-17(3)15-24/h5,8-11,16-17H,1,6-7,12-15H2,2-4H3. The van der Waals surface area contributed by atoms with Gasteiger partial charge in [-0.05, 0) is 26.8 Å². The summed E-state index contributed by atoms with van der Waals surface area (Å²) in [5, 5.41) is 1.02. The Balaban J connectivity index is 1.88. The van der Waals surface area contributed by atoms with Crippen molar-refractivity contribution in [3.63, 3.8) is 0 Å². The van der Waals surface area contributed by atoms with E-state index in [0.29, 0.717) is 0 Å². The lowest BCUT2D eigenvalue weighted by molar-refractivity contribution is -0.137. The molecular formula is C20H30F3NOSi. The van der Waals surface area contributed by atoms with Crippen LogP contribution in [0, 0.1) is 0 Å². The molecule has 1 fully saturated rings. The van der Waals surface area contributed by atoms with E-state index in [1.54, 1.807) is 12.1 Å². The quantitative estimate of drug-likeness (QED) is 0.502. The molecule has 26 heavy (non-hydrogen) atoms. The van der Waals surface area contributed by atoms with Gasteiger partial charge < -0.3 is 4.74 Å². The number of unbranched alkanes of at least 4 members (excludes halogenated alkanes) is 1. The van der Waals surface area contributed by atoms with Crippen LogP contribution in [0.15, 0.2) is 36.5 Å². The molecule has 146 valence electrons. The zero-order chi connectivity index (χ0) is 19.4. The number of hydrogen-bond donors (Lipinski definition) is 0. The van der Waals surface area contributed by atoms with Crippen LogP contribution < -0.4 is 5.19 Å². The molecule has 0 aliphatic carbocycles. The molecule has 0 amide bonds. The largest absolute Gasteiger partial charge is 0.416 e. The van der Waals surface area contributed by atoms with Gasteiger partial charge in [-0.15, -0.1) is 6.58 Å². The SMILES string of the molecule is C=C[Si](C)(CCCCN1CC(C)OC(C)C1)c1ccc(C(F)(F)F)cc1. The van der Waals surface area contributed by atoms with Crippen molar-refractivity contribution in [2.24, 2.45) is 0 Å². The molecule has 6 heteroatoms. The van der Waals surface area contributed by atoms with Crippen molar-refractivity contribution < 1.29 is 17.9 Å². The number of morpholine rings is 1. The lowest BCUT2D eigenvalue weighted by atomic mass is 10.2. The van der Waals surface area contributed by atoms with Crippen LogP contribution in [0.25, 0.3) is 0 Å². The molecule has 0 radical (unpaired) electrons. The molecule has 3 unspecified atom stereocenters. The predicted octanol–water partition coefficient (Wildman–Crippen LogP) is 4.61. The maximum absolute atomic E-state index is 12.8. The number of nitrogens with zero attached hydrogens (tertiary/aromatic N) is 1.